The fourth-order valence-electron chi connectivity index (χ4n) is 7.26. The third-order valence-electron chi connectivity index (χ3n) is 9.95. The molecular formula is C36H49N9O3. The first-order chi connectivity index (χ1) is 23.2. The first-order valence-corrected chi connectivity index (χ1v) is 17.1. The van der Waals surface area contributed by atoms with Gasteiger partial charge in [0, 0.05) is 58.4 Å². The average molecular weight is 656 g/mol. The van der Waals surface area contributed by atoms with Crippen molar-refractivity contribution in [2.45, 2.75) is 63.7 Å². The molecule has 3 aromatic rings. The zero-order chi connectivity index (χ0) is 33.8. The van der Waals surface area contributed by atoms with Crippen LogP contribution in [0.25, 0.3) is 0 Å². The summed E-state index contributed by atoms with van der Waals surface area (Å²) in [7, 11) is 7.13. The van der Waals surface area contributed by atoms with Crippen LogP contribution in [-0.4, -0.2) is 109 Å². The van der Waals surface area contributed by atoms with E-state index in [9.17, 15) is 9.59 Å². The summed E-state index contributed by atoms with van der Waals surface area (Å²) in [5.74, 6) is 1.42. The number of aromatic nitrogens is 2. The maximum absolute atomic E-state index is 13.3. The van der Waals surface area contributed by atoms with Crippen molar-refractivity contribution in [2.24, 2.45) is 0 Å². The van der Waals surface area contributed by atoms with Gasteiger partial charge in [0.15, 0.2) is 5.82 Å². The number of carbonyl (C=O) groups excluding carboxylic acids is 2. The highest BCUT2D eigenvalue weighted by Gasteiger charge is 2.38. The second-order valence-corrected chi connectivity index (χ2v) is 13.2. The lowest BCUT2D eigenvalue weighted by Crippen LogP contribution is -2.57. The van der Waals surface area contributed by atoms with E-state index >= 15 is 0 Å². The van der Waals surface area contributed by atoms with Crippen LogP contribution in [0.15, 0.2) is 54.7 Å². The second kappa shape index (κ2) is 14.9. The quantitative estimate of drug-likeness (QED) is 0.331. The molecule has 256 valence electrons. The number of benzene rings is 2. The molecule has 1 unspecified atom stereocenters. The molecule has 6 rings (SSSR count). The van der Waals surface area contributed by atoms with Crippen molar-refractivity contribution in [1.82, 2.24) is 30.1 Å². The second-order valence-electron chi connectivity index (χ2n) is 13.2. The normalized spacial score (nSPS) is 19.8. The maximum Gasteiger partial charge on any atom is 0.251 e. The van der Waals surface area contributed by atoms with Gasteiger partial charge >= 0.3 is 0 Å². The van der Waals surface area contributed by atoms with Gasteiger partial charge in [0.05, 0.1) is 19.0 Å². The van der Waals surface area contributed by atoms with Gasteiger partial charge in [-0.05, 0) is 69.0 Å². The van der Waals surface area contributed by atoms with Crippen LogP contribution in [0.5, 0.6) is 5.75 Å². The Morgan fingerprint density at radius 1 is 1.02 bits per heavy atom. The largest absolute Gasteiger partial charge is 0.495 e. The molecule has 2 aromatic carbocycles. The number of hydrazine groups is 1. The van der Waals surface area contributed by atoms with Gasteiger partial charge in [0.1, 0.15) is 17.5 Å². The number of rotatable bonds is 10. The number of carbonyl (C=O) groups is 2. The molecule has 1 atom stereocenters. The Hall–Kier alpha value is -4.26. The lowest BCUT2D eigenvalue weighted by Gasteiger charge is -2.43. The number of piperidine rings is 2. The third kappa shape index (κ3) is 7.25. The summed E-state index contributed by atoms with van der Waals surface area (Å²) in [6.07, 6.45) is 6.59. The number of amides is 2. The van der Waals surface area contributed by atoms with Crippen LogP contribution in [0.2, 0.25) is 0 Å². The van der Waals surface area contributed by atoms with E-state index < -0.39 is 0 Å². The molecule has 12 heteroatoms. The molecule has 48 heavy (non-hydrogen) atoms. The van der Waals surface area contributed by atoms with Gasteiger partial charge in [-0.2, -0.15) is 4.98 Å². The van der Waals surface area contributed by atoms with E-state index in [4.69, 9.17) is 9.72 Å². The summed E-state index contributed by atoms with van der Waals surface area (Å²) in [6.45, 7) is 7.30. The van der Waals surface area contributed by atoms with E-state index in [1.54, 1.807) is 37.4 Å². The molecule has 2 fully saturated rings. The SMILES string of the molecule is CCC1C(=O)N(C)c2cnc(Nc3ccc(C(=O)NC4CCN(C5CCN(Cc6ccccc6)CC5)CC4)cc3OC)nc2N1N(C)C. The van der Waals surface area contributed by atoms with Gasteiger partial charge in [-0.15, -0.1) is 0 Å². The van der Waals surface area contributed by atoms with E-state index in [0.717, 1.165) is 45.6 Å². The van der Waals surface area contributed by atoms with E-state index in [0.29, 0.717) is 46.9 Å². The van der Waals surface area contributed by atoms with Crippen LogP contribution in [0.4, 0.5) is 23.1 Å². The highest BCUT2D eigenvalue weighted by molar-refractivity contribution is 6.04. The van der Waals surface area contributed by atoms with Crippen molar-refractivity contribution in [3.05, 3.63) is 65.9 Å². The van der Waals surface area contributed by atoms with E-state index in [1.165, 1.54) is 18.4 Å². The summed E-state index contributed by atoms with van der Waals surface area (Å²) >= 11 is 0. The van der Waals surface area contributed by atoms with Crippen molar-refractivity contribution in [3.63, 3.8) is 0 Å². The van der Waals surface area contributed by atoms with Crippen molar-refractivity contribution >= 4 is 35.0 Å². The topological polar surface area (TPSA) is 109 Å². The van der Waals surface area contributed by atoms with E-state index in [2.05, 4.69) is 55.7 Å². The summed E-state index contributed by atoms with van der Waals surface area (Å²) in [4.78, 5) is 42.4. The Morgan fingerprint density at radius 3 is 2.42 bits per heavy atom. The molecule has 2 N–H and O–H groups in total. The Morgan fingerprint density at radius 2 is 1.75 bits per heavy atom. The number of nitrogens with zero attached hydrogens (tertiary/aromatic N) is 7. The number of anilines is 4. The molecule has 0 bridgehead atoms. The molecule has 0 saturated carbocycles. The van der Waals surface area contributed by atoms with Gasteiger partial charge < -0.3 is 25.2 Å². The molecule has 3 aliphatic rings. The molecule has 2 saturated heterocycles. The molecule has 3 aliphatic heterocycles. The minimum atomic E-state index is -0.358. The fraction of sp³-hybridized carbons (Fsp3) is 0.500. The summed E-state index contributed by atoms with van der Waals surface area (Å²) in [5, 5.41) is 10.3. The number of hydrogen-bond donors (Lipinski definition) is 2. The van der Waals surface area contributed by atoms with Gasteiger partial charge in [-0.1, -0.05) is 37.3 Å². The first kappa shape index (κ1) is 33.6. The Bertz CT molecular complexity index is 1570. The third-order valence-corrected chi connectivity index (χ3v) is 9.95. The van der Waals surface area contributed by atoms with Gasteiger partial charge in [0.25, 0.3) is 11.8 Å². The Balaban J connectivity index is 1.03. The number of likely N-dealkylation sites (N-methyl/N-ethyl adjacent to an activating group) is 1. The molecule has 12 nitrogen and oxygen atoms in total. The minimum absolute atomic E-state index is 0.000434. The van der Waals surface area contributed by atoms with Crippen molar-refractivity contribution < 1.29 is 14.3 Å². The van der Waals surface area contributed by atoms with Crippen molar-refractivity contribution in [1.29, 1.82) is 0 Å². The lowest BCUT2D eigenvalue weighted by molar-refractivity contribution is -0.120. The van der Waals surface area contributed by atoms with Crippen LogP contribution in [0, 0.1) is 0 Å². The average Bonchev–Trinajstić information content (AvgIpc) is 3.10. The highest BCUT2D eigenvalue weighted by Crippen LogP contribution is 2.36. The molecule has 0 spiro atoms. The first-order valence-electron chi connectivity index (χ1n) is 17.1. The van der Waals surface area contributed by atoms with Crippen molar-refractivity contribution in [3.8, 4) is 5.75 Å². The lowest BCUT2D eigenvalue weighted by atomic mass is 9.97. The number of likely N-dealkylation sites (tertiary alicyclic amines) is 2. The summed E-state index contributed by atoms with van der Waals surface area (Å²) in [6, 6.07) is 16.5. The van der Waals surface area contributed by atoms with Gasteiger partial charge in [-0.3, -0.25) is 19.5 Å². The molecular weight excluding hydrogens is 606 g/mol. The smallest absolute Gasteiger partial charge is 0.251 e. The van der Waals surface area contributed by atoms with Crippen LogP contribution in [0.3, 0.4) is 0 Å². The summed E-state index contributed by atoms with van der Waals surface area (Å²) < 4.78 is 5.68. The minimum Gasteiger partial charge on any atom is -0.495 e. The molecule has 2 amide bonds. The van der Waals surface area contributed by atoms with Crippen LogP contribution in [-0.2, 0) is 11.3 Å². The highest BCUT2D eigenvalue weighted by atomic mass is 16.5. The number of methoxy groups -OCH3 is 1. The Kier molecular flexibility index (Phi) is 10.4. The van der Waals surface area contributed by atoms with Crippen molar-refractivity contribution in [2.75, 3.05) is 69.7 Å². The van der Waals surface area contributed by atoms with E-state index in [1.807, 2.05) is 37.1 Å². The molecule has 4 heterocycles. The molecule has 1 aromatic heterocycles. The molecule has 0 radical (unpaired) electrons. The van der Waals surface area contributed by atoms with Crippen LogP contribution in [0.1, 0.15) is 54.9 Å². The number of ether oxygens (including phenoxy) is 1. The Labute approximate surface area is 284 Å². The van der Waals surface area contributed by atoms with Crippen LogP contribution >= 0.6 is 0 Å². The predicted octanol–water partition coefficient (Wildman–Crippen LogP) is 4.13. The zero-order valence-electron chi connectivity index (χ0n) is 28.9. The van der Waals surface area contributed by atoms with Crippen LogP contribution < -0.4 is 25.3 Å². The number of fused-ring (bicyclic) bond motifs is 1. The number of hydrogen-bond acceptors (Lipinski definition) is 10. The standard InChI is InChI=1S/C36H49N9O3/c1-6-30-35(47)42(4)31-23-37-36(40-33(31)45(30)41(2)3)39-29-13-12-26(22-32(29)48-5)34(46)38-27-14-20-44(21-15-27)28-16-18-43(19-17-28)24-25-10-8-7-9-11-25/h7-13,22-23,27-28,30H,6,14-21,24H2,1-5H3,(H,38,46)(H,37,39,40). The maximum atomic E-state index is 13.3. The zero-order valence-corrected chi connectivity index (χ0v) is 28.9. The monoisotopic (exact) mass is 655 g/mol. The van der Waals surface area contributed by atoms with Gasteiger partial charge in [-0.25, -0.2) is 9.99 Å². The number of nitrogens with one attached hydrogen (secondary N) is 2. The fourth-order valence-corrected chi connectivity index (χ4v) is 7.26. The van der Waals surface area contributed by atoms with Gasteiger partial charge in [0.2, 0.25) is 5.95 Å². The summed E-state index contributed by atoms with van der Waals surface area (Å²) in [5.41, 5.74) is 3.20. The molecule has 0 aliphatic carbocycles. The predicted molar refractivity (Wildman–Crippen MR) is 189 cm³/mol. The van der Waals surface area contributed by atoms with E-state index in [-0.39, 0.29) is 23.9 Å².